The largest absolute Gasteiger partial charge is 0.365 e. The van der Waals surface area contributed by atoms with Gasteiger partial charge >= 0.3 is 0 Å². The zero-order valence-corrected chi connectivity index (χ0v) is 7.56. The summed E-state index contributed by atoms with van der Waals surface area (Å²) >= 11 is 1.67. The topological polar surface area (TPSA) is 78.4 Å². The molecule has 1 rings (SSSR count). The van der Waals surface area contributed by atoms with Crippen LogP contribution in [0.2, 0.25) is 0 Å². The predicted molar refractivity (Wildman–Crippen MR) is 51.0 cm³/mol. The molecule has 1 heterocycles. The number of nitrogens with zero attached hydrogens (tertiary/aromatic N) is 1. The van der Waals surface area contributed by atoms with E-state index >= 15 is 0 Å². The molecule has 5 heteroatoms. The van der Waals surface area contributed by atoms with Crippen molar-refractivity contribution in [3.63, 3.8) is 0 Å². The highest BCUT2D eigenvalue weighted by atomic mass is 32.1. The molecule has 0 amide bonds. The Morgan fingerprint density at radius 2 is 2.33 bits per heavy atom. The van der Waals surface area contributed by atoms with Crippen LogP contribution in [0.4, 0.5) is 0 Å². The smallest absolute Gasteiger partial charge is 0.256 e. The summed E-state index contributed by atoms with van der Waals surface area (Å²) in [5.74, 6) is 0.0273. The number of aryl methyl sites for hydroxylation is 1. The molecule has 64 valence electrons. The average Bonchev–Trinajstić information content (AvgIpc) is 2.35. The van der Waals surface area contributed by atoms with Gasteiger partial charge < -0.3 is 11.5 Å². The second kappa shape index (κ2) is 3.87. The van der Waals surface area contributed by atoms with Crippen molar-refractivity contribution in [1.29, 1.82) is 0 Å². The normalized spacial score (nSPS) is 10.4. The summed E-state index contributed by atoms with van der Waals surface area (Å²) in [5, 5.41) is 6.24. The van der Waals surface area contributed by atoms with Gasteiger partial charge in [0, 0.05) is 9.98 Å². The van der Waals surface area contributed by atoms with E-state index in [4.69, 9.17) is 11.5 Å². The number of hydrogen-bond acceptors (Lipinski definition) is 2. The maximum atomic E-state index is 5.11. The Balaban J connectivity index is 2.64. The third-order valence-corrected chi connectivity index (χ3v) is 2.11. The number of hydrazone groups is 1. The lowest BCUT2D eigenvalue weighted by Gasteiger charge is -1.77. The van der Waals surface area contributed by atoms with Crippen molar-refractivity contribution in [2.45, 2.75) is 6.92 Å². The molecule has 1 aromatic rings. The first-order valence-electron chi connectivity index (χ1n) is 3.42. The lowest BCUT2D eigenvalue weighted by atomic mass is 10.4. The summed E-state index contributed by atoms with van der Waals surface area (Å²) in [6, 6.07) is 4.03. The summed E-state index contributed by atoms with van der Waals surface area (Å²) in [6.45, 7) is 2.04. The molecule has 0 saturated heterocycles. The highest BCUT2D eigenvalue weighted by Gasteiger charge is 1.94. The fourth-order valence-corrected chi connectivity index (χ4v) is 1.46. The molecule has 1 aromatic heterocycles. The molecule has 0 saturated carbocycles. The summed E-state index contributed by atoms with van der Waals surface area (Å²) < 4.78 is 0. The van der Waals surface area contributed by atoms with E-state index in [2.05, 4.69) is 10.2 Å². The number of nitrogens with two attached hydrogens (primary N) is 2. The number of guanidine groups is 1. The van der Waals surface area contributed by atoms with E-state index in [9.17, 15) is 0 Å². The Bertz CT molecular complexity index is 309. The molecule has 0 atom stereocenters. The highest BCUT2D eigenvalue weighted by molar-refractivity contribution is 7.13. The van der Waals surface area contributed by atoms with Crippen molar-refractivity contribution in [1.82, 2.24) is 0 Å². The molecule has 0 aliphatic rings. The predicted octanol–water partition coefficient (Wildman–Crippen LogP) is -1.26. The summed E-state index contributed by atoms with van der Waals surface area (Å²) in [6.07, 6.45) is 1.75. The molecule has 5 N–H and O–H groups in total. The molecular formula is C7H11N4S+. The van der Waals surface area contributed by atoms with Gasteiger partial charge in [-0.2, -0.15) is 0 Å². The number of hydrogen-bond donors (Lipinski definition) is 3. The zero-order chi connectivity index (χ0) is 8.97. The molecule has 4 nitrogen and oxygen atoms in total. The Hall–Kier alpha value is -1.36. The van der Waals surface area contributed by atoms with Gasteiger partial charge in [-0.05, 0) is 19.1 Å². The molecule has 0 bridgehead atoms. The molecule has 0 radical (unpaired) electrons. The monoisotopic (exact) mass is 183 g/mol. The van der Waals surface area contributed by atoms with Crippen LogP contribution >= 0.6 is 11.3 Å². The molecule has 0 unspecified atom stereocenters. The summed E-state index contributed by atoms with van der Waals surface area (Å²) in [7, 11) is 0. The molecule has 12 heavy (non-hydrogen) atoms. The van der Waals surface area contributed by atoms with Gasteiger partial charge in [0.25, 0.3) is 5.96 Å². The van der Waals surface area contributed by atoms with Gasteiger partial charge in [0.05, 0.1) is 4.88 Å². The first-order valence-corrected chi connectivity index (χ1v) is 4.24. The van der Waals surface area contributed by atoms with E-state index in [1.54, 1.807) is 17.6 Å². The van der Waals surface area contributed by atoms with Crippen molar-refractivity contribution < 1.29 is 5.10 Å². The Morgan fingerprint density at radius 3 is 2.83 bits per heavy atom. The Labute approximate surface area is 74.6 Å². The van der Waals surface area contributed by atoms with E-state index in [1.165, 1.54) is 4.88 Å². The third-order valence-electron chi connectivity index (χ3n) is 1.16. The second-order valence-electron chi connectivity index (χ2n) is 2.26. The fraction of sp³-hybridized carbons (Fsp3) is 0.143. The number of rotatable bonds is 2. The number of thiophene rings is 1. The van der Waals surface area contributed by atoms with E-state index in [0.717, 1.165) is 4.88 Å². The van der Waals surface area contributed by atoms with Crippen LogP contribution < -0.4 is 16.6 Å². The lowest BCUT2D eigenvalue weighted by molar-refractivity contribution is -0.456. The number of nitrogens with one attached hydrogen (secondary N) is 1. The highest BCUT2D eigenvalue weighted by Crippen LogP contribution is 2.11. The van der Waals surface area contributed by atoms with Gasteiger partial charge in [0.1, 0.15) is 0 Å². The van der Waals surface area contributed by atoms with Crippen molar-refractivity contribution in [3.05, 3.63) is 21.9 Å². The summed E-state index contributed by atoms with van der Waals surface area (Å²) in [5.41, 5.74) is 10.2. The van der Waals surface area contributed by atoms with Crippen molar-refractivity contribution >= 4 is 23.5 Å². The minimum absolute atomic E-state index is 0.0273. The van der Waals surface area contributed by atoms with Crippen LogP contribution in [0, 0.1) is 6.92 Å². The van der Waals surface area contributed by atoms with Crippen molar-refractivity contribution in [3.8, 4) is 0 Å². The molecule has 0 aromatic carbocycles. The molecule has 0 fully saturated rings. The van der Waals surface area contributed by atoms with E-state index in [-0.39, 0.29) is 5.96 Å². The maximum absolute atomic E-state index is 5.11. The van der Waals surface area contributed by atoms with Crippen LogP contribution in [0.25, 0.3) is 0 Å². The van der Waals surface area contributed by atoms with Crippen LogP contribution in [-0.4, -0.2) is 12.2 Å². The average molecular weight is 183 g/mol. The van der Waals surface area contributed by atoms with Gasteiger partial charge in [0.15, 0.2) is 0 Å². The molecule has 0 spiro atoms. The minimum atomic E-state index is 0.0273. The third kappa shape index (κ3) is 2.71. The van der Waals surface area contributed by atoms with Crippen molar-refractivity contribution in [2.24, 2.45) is 16.6 Å². The van der Waals surface area contributed by atoms with Crippen LogP contribution in [0.3, 0.4) is 0 Å². The Morgan fingerprint density at radius 1 is 1.58 bits per heavy atom. The van der Waals surface area contributed by atoms with Gasteiger partial charge in [-0.3, -0.25) is 0 Å². The first-order chi connectivity index (χ1) is 5.68. The zero-order valence-electron chi connectivity index (χ0n) is 6.74. The lowest BCUT2D eigenvalue weighted by Crippen LogP contribution is -2.63. The van der Waals surface area contributed by atoms with E-state index in [1.807, 2.05) is 19.1 Å². The van der Waals surface area contributed by atoms with Gasteiger partial charge in [-0.25, -0.2) is 0 Å². The van der Waals surface area contributed by atoms with Crippen molar-refractivity contribution in [2.75, 3.05) is 0 Å². The van der Waals surface area contributed by atoms with Crippen LogP contribution in [-0.2, 0) is 0 Å². The van der Waals surface area contributed by atoms with Crippen LogP contribution in [0.1, 0.15) is 9.75 Å². The van der Waals surface area contributed by atoms with E-state index < -0.39 is 0 Å². The Kier molecular flexibility index (Phi) is 2.82. The quantitative estimate of drug-likeness (QED) is 0.304. The SMILES string of the molecule is Cc1ccc(/C=[NH+]\N=C(N)N)s1. The van der Waals surface area contributed by atoms with Gasteiger partial charge in [0.2, 0.25) is 6.21 Å². The molecule has 0 aliphatic carbocycles. The minimum Gasteiger partial charge on any atom is -0.365 e. The standard InChI is InChI=1S/C7H10N4S/c1-5-2-3-6(12-5)4-10-11-7(8)9/h2-4H,1H3,(H4,8,9,11)/p+1/b10-4-. The van der Waals surface area contributed by atoms with Crippen LogP contribution in [0.15, 0.2) is 17.2 Å². The molecule has 0 aliphatic heterocycles. The van der Waals surface area contributed by atoms with E-state index in [0.29, 0.717) is 0 Å². The second-order valence-corrected chi connectivity index (χ2v) is 3.58. The van der Waals surface area contributed by atoms with Gasteiger partial charge in [-0.1, -0.05) is 0 Å². The summed E-state index contributed by atoms with van der Waals surface area (Å²) in [4.78, 5) is 2.35. The first kappa shape index (κ1) is 8.73. The maximum Gasteiger partial charge on any atom is 0.256 e. The molecular weight excluding hydrogens is 172 g/mol. The van der Waals surface area contributed by atoms with Gasteiger partial charge in [-0.15, -0.1) is 16.4 Å². The van der Waals surface area contributed by atoms with Crippen LogP contribution in [0.5, 0.6) is 0 Å². The fourth-order valence-electron chi connectivity index (χ4n) is 0.701.